The maximum Gasteiger partial charge on any atom is 0.270 e. The van der Waals surface area contributed by atoms with Crippen LogP contribution >= 0.6 is 0 Å². The molecule has 1 aromatic heterocycles. The van der Waals surface area contributed by atoms with Crippen LogP contribution in [0, 0.1) is 10.1 Å². The van der Waals surface area contributed by atoms with Crippen molar-refractivity contribution in [3.05, 3.63) is 34.0 Å². The number of aryl methyl sites for hydroxylation is 2. The van der Waals surface area contributed by atoms with E-state index in [0.717, 1.165) is 36.0 Å². The largest absolute Gasteiger partial charge is 0.270 e. The molecule has 0 amide bonds. The zero-order valence-corrected chi connectivity index (χ0v) is 10.0. The van der Waals surface area contributed by atoms with Gasteiger partial charge >= 0.3 is 0 Å². The average molecular weight is 233 g/mol. The van der Waals surface area contributed by atoms with Crippen LogP contribution in [0.4, 0.5) is 5.69 Å². The predicted octanol–water partition coefficient (Wildman–Crippen LogP) is 2.92. The summed E-state index contributed by atoms with van der Waals surface area (Å²) in [5.41, 5.74) is 2.06. The van der Waals surface area contributed by atoms with Gasteiger partial charge in [-0.25, -0.2) is 0 Å². The van der Waals surface area contributed by atoms with Crippen molar-refractivity contribution in [2.75, 3.05) is 0 Å². The highest BCUT2D eigenvalue weighted by Gasteiger charge is 2.13. The number of rotatable bonds is 4. The Labute approximate surface area is 99.2 Å². The van der Waals surface area contributed by atoms with Crippen molar-refractivity contribution in [2.45, 2.75) is 33.2 Å². The zero-order valence-electron chi connectivity index (χ0n) is 10.0. The van der Waals surface area contributed by atoms with Gasteiger partial charge in [0.15, 0.2) is 0 Å². The van der Waals surface area contributed by atoms with Crippen LogP contribution in [0.25, 0.3) is 10.9 Å². The molecule has 0 bridgehead atoms. The van der Waals surface area contributed by atoms with Gasteiger partial charge < -0.3 is 0 Å². The van der Waals surface area contributed by atoms with Gasteiger partial charge in [0.25, 0.3) is 5.69 Å². The molecule has 17 heavy (non-hydrogen) atoms. The SMILES string of the molecule is CCCc1nn(CC)c2ccc([N+](=O)[O-])cc12. The maximum absolute atomic E-state index is 10.8. The summed E-state index contributed by atoms with van der Waals surface area (Å²) in [6.07, 6.45) is 1.84. The summed E-state index contributed by atoms with van der Waals surface area (Å²) >= 11 is 0. The monoisotopic (exact) mass is 233 g/mol. The van der Waals surface area contributed by atoms with E-state index in [9.17, 15) is 10.1 Å². The van der Waals surface area contributed by atoms with Gasteiger partial charge in [0.1, 0.15) is 0 Å². The van der Waals surface area contributed by atoms with Gasteiger partial charge in [0, 0.05) is 24.1 Å². The fourth-order valence-electron chi connectivity index (χ4n) is 2.01. The Morgan fingerprint density at radius 3 is 2.76 bits per heavy atom. The Hall–Kier alpha value is -1.91. The third-order valence-electron chi connectivity index (χ3n) is 2.81. The third-order valence-corrected chi connectivity index (χ3v) is 2.81. The molecule has 0 saturated carbocycles. The van der Waals surface area contributed by atoms with Gasteiger partial charge in [-0.1, -0.05) is 13.3 Å². The highest BCUT2D eigenvalue weighted by atomic mass is 16.6. The highest BCUT2D eigenvalue weighted by molar-refractivity contribution is 5.84. The standard InChI is InChI=1S/C12H15N3O2/c1-3-5-11-10-8-9(15(16)17)6-7-12(10)14(4-2)13-11/h6-8H,3-5H2,1-2H3. The number of non-ortho nitro benzene ring substituents is 1. The van der Waals surface area contributed by atoms with Crippen molar-refractivity contribution < 1.29 is 4.92 Å². The molecule has 2 aromatic rings. The minimum atomic E-state index is -0.363. The van der Waals surface area contributed by atoms with Crippen molar-refractivity contribution in [2.24, 2.45) is 0 Å². The quantitative estimate of drug-likeness (QED) is 0.602. The molecule has 5 heteroatoms. The Kier molecular flexibility index (Phi) is 3.08. The van der Waals surface area contributed by atoms with Gasteiger partial charge in [0.2, 0.25) is 0 Å². The second-order valence-corrected chi connectivity index (χ2v) is 3.97. The van der Waals surface area contributed by atoms with Crippen molar-refractivity contribution in [1.29, 1.82) is 0 Å². The summed E-state index contributed by atoms with van der Waals surface area (Å²) in [7, 11) is 0. The van der Waals surface area contributed by atoms with E-state index >= 15 is 0 Å². The van der Waals surface area contributed by atoms with E-state index < -0.39 is 0 Å². The third kappa shape index (κ3) is 2.00. The zero-order chi connectivity index (χ0) is 12.4. The highest BCUT2D eigenvalue weighted by Crippen LogP contribution is 2.24. The van der Waals surface area contributed by atoms with E-state index in [2.05, 4.69) is 12.0 Å². The van der Waals surface area contributed by atoms with Crippen molar-refractivity contribution in [3.8, 4) is 0 Å². The first-order chi connectivity index (χ1) is 8.17. The van der Waals surface area contributed by atoms with Gasteiger partial charge in [-0.15, -0.1) is 0 Å². The van der Waals surface area contributed by atoms with Crippen LogP contribution in [0.15, 0.2) is 18.2 Å². The first kappa shape index (κ1) is 11.6. The van der Waals surface area contributed by atoms with Crippen LogP contribution in [0.3, 0.4) is 0 Å². The van der Waals surface area contributed by atoms with Crippen LogP contribution in [0.1, 0.15) is 26.0 Å². The van der Waals surface area contributed by atoms with Gasteiger partial charge in [-0.3, -0.25) is 14.8 Å². The number of nitro benzene ring substituents is 1. The first-order valence-electron chi connectivity index (χ1n) is 5.81. The Balaban J connectivity index is 2.64. The molecule has 1 aromatic carbocycles. The van der Waals surface area contributed by atoms with E-state index in [4.69, 9.17) is 0 Å². The summed E-state index contributed by atoms with van der Waals surface area (Å²) in [5.74, 6) is 0. The number of fused-ring (bicyclic) bond motifs is 1. The molecule has 1 heterocycles. The van der Waals surface area contributed by atoms with E-state index in [1.807, 2.05) is 11.6 Å². The Morgan fingerprint density at radius 1 is 1.41 bits per heavy atom. The van der Waals surface area contributed by atoms with Gasteiger partial charge in [-0.2, -0.15) is 5.10 Å². The summed E-state index contributed by atoms with van der Waals surface area (Å²) in [6.45, 7) is 4.87. The van der Waals surface area contributed by atoms with Crippen molar-refractivity contribution in [3.63, 3.8) is 0 Å². The molecule has 0 saturated heterocycles. The summed E-state index contributed by atoms with van der Waals surface area (Å²) < 4.78 is 1.89. The minimum absolute atomic E-state index is 0.130. The molecule has 0 aliphatic carbocycles. The molecule has 0 atom stereocenters. The fraction of sp³-hybridized carbons (Fsp3) is 0.417. The molecular formula is C12H15N3O2. The van der Waals surface area contributed by atoms with Crippen LogP contribution in [-0.2, 0) is 13.0 Å². The number of benzene rings is 1. The summed E-state index contributed by atoms with van der Waals surface area (Å²) in [6, 6.07) is 4.94. The van der Waals surface area contributed by atoms with E-state index in [0.29, 0.717) is 0 Å². The van der Waals surface area contributed by atoms with Crippen LogP contribution in [0.2, 0.25) is 0 Å². The lowest BCUT2D eigenvalue weighted by molar-refractivity contribution is -0.384. The normalized spacial score (nSPS) is 10.9. The van der Waals surface area contributed by atoms with Crippen LogP contribution in [0.5, 0.6) is 0 Å². The molecular weight excluding hydrogens is 218 g/mol. The van der Waals surface area contributed by atoms with Crippen molar-refractivity contribution >= 4 is 16.6 Å². The van der Waals surface area contributed by atoms with E-state index in [1.54, 1.807) is 12.1 Å². The Morgan fingerprint density at radius 2 is 2.18 bits per heavy atom. The molecule has 2 rings (SSSR count). The number of aromatic nitrogens is 2. The molecule has 0 fully saturated rings. The Bertz CT molecular complexity index is 560. The molecule has 90 valence electrons. The maximum atomic E-state index is 10.8. The smallest absolute Gasteiger partial charge is 0.265 e. The number of nitrogens with zero attached hydrogens (tertiary/aromatic N) is 3. The molecule has 0 unspecified atom stereocenters. The number of nitro groups is 1. The molecule has 5 nitrogen and oxygen atoms in total. The minimum Gasteiger partial charge on any atom is -0.265 e. The molecule has 0 N–H and O–H groups in total. The number of hydrogen-bond donors (Lipinski definition) is 0. The second-order valence-electron chi connectivity index (χ2n) is 3.97. The lowest BCUT2D eigenvalue weighted by Crippen LogP contribution is -1.96. The lowest BCUT2D eigenvalue weighted by Gasteiger charge is -1.97. The summed E-state index contributed by atoms with van der Waals surface area (Å²) in [4.78, 5) is 10.4. The first-order valence-corrected chi connectivity index (χ1v) is 5.81. The number of hydrogen-bond acceptors (Lipinski definition) is 3. The van der Waals surface area contributed by atoms with E-state index in [-0.39, 0.29) is 10.6 Å². The second kappa shape index (κ2) is 4.53. The predicted molar refractivity (Wildman–Crippen MR) is 66.1 cm³/mol. The molecule has 0 radical (unpaired) electrons. The molecule has 0 spiro atoms. The summed E-state index contributed by atoms with van der Waals surface area (Å²) in [5, 5.41) is 16.2. The molecule has 0 aliphatic rings. The van der Waals surface area contributed by atoms with Crippen molar-refractivity contribution in [1.82, 2.24) is 9.78 Å². The van der Waals surface area contributed by atoms with Gasteiger partial charge in [-0.05, 0) is 19.4 Å². The average Bonchev–Trinajstić information content (AvgIpc) is 2.67. The fourth-order valence-corrected chi connectivity index (χ4v) is 2.01. The van der Waals surface area contributed by atoms with Gasteiger partial charge in [0.05, 0.1) is 16.1 Å². The van der Waals surface area contributed by atoms with Crippen LogP contribution in [-0.4, -0.2) is 14.7 Å². The topological polar surface area (TPSA) is 61.0 Å². The molecule has 0 aliphatic heterocycles. The lowest BCUT2D eigenvalue weighted by atomic mass is 10.1. The van der Waals surface area contributed by atoms with Crippen LogP contribution < -0.4 is 0 Å². The van der Waals surface area contributed by atoms with E-state index in [1.165, 1.54) is 6.07 Å².